The summed E-state index contributed by atoms with van der Waals surface area (Å²) in [6.45, 7) is 1.66. The van der Waals surface area contributed by atoms with Gasteiger partial charge in [-0.3, -0.25) is 4.79 Å². The number of ether oxygens (including phenoxy) is 1. The molecular formula is C16H19ClFNO2. The summed E-state index contributed by atoms with van der Waals surface area (Å²) >= 11 is 6.08. The first-order chi connectivity index (χ1) is 10.1. The maximum Gasteiger partial charge on any atom is 0.223 e. The fourth-order valence-electron chi connectivity index (χ4n) is 2.77. The van der Waals surface area contributed by atoms with Crippen LogP contribution in [0.4, 0.5) is 4.39 Å². The first kappa shape index (κ1) is 14.8. The smallest absolute Gasteiger partial charge is 0.223 e. The number of hydrogen-bond acceptors (Lipinski definition) is 2. The van der Waals surface area contributed by atoms with Crippen LogP contribution < -0.4 is 0 Å². The molecule has 3 rings (SSSR count). The Labute approximate surface area is 129 Å². The lowest BCUT2D eigenvalue weighted by Gasteiger charge is -2.24. The zero-order valence-electron chi connectivity index (χ0n) is 11.9. The van der Waals surface area contributed by atoms with Crippen LogP contribution in [0.3, 0.4) is 0 Å². The Morgan fingerprint density at radius 2 is 2.19 bits per heavy atom. The van der Waals surface area contributed by atoms with E-state index in [1.807, 2.05) is 0 Å². The molecule has 1 aromatic rings. The lowest BCUT2D eigenvalue weighted by Crippen LogP contribution is -2.34. The summed E-state index contributed by atoms with van der Waals surface area (Å²) in [5.74, 6) is 0.0484. The number of carbonyl (C=O) groups excluding carboxylic acids is 1. The van der Waals surface area contributed by atoms with Gasteiger partial charge in [0, 0.05) is 36.3 Å². The molecule has 1 saturated carbocycles. The summed E-state index contributed by atoms with van der Waals surface area (Å²) in [6.07, 6.45) is 3.42. The van der Waals surface area contributed by atoms with Gasteiger partial charge in [0.25, 0.3) is 0 Å². The first-order valence-corrected chi connectivity index (χ1v) is 7.83. The molecule has 1 heterocycles. The number of nitrogens with zero attached hydrogens (tertiary/aromatic N) is 1. The van der Waals surface area contributed by atoms with Crippen LogP contribution in [-0.2, 0) is 16.1 Å². The van der Waals surface area contributed by atoms with Crippen LogP contribution in [0, 0.1) is 11.7 Å². The highest BCUT2D eigenvalue weighted by molar-refractivity contribution is 6.31. The predicted molar refractivity (Wildman–Crippen MR) is 78.5 cm³/mol. The largest absolute Gasteiger partial charge is 0.381 e. The van der Waals surface area contributed by atoms with Gasteiger partial charge in [0.05, 0.1) is 6.54 Å². The SMILES string of the molecule is O=C(C[C@@H]1CCOC1)N(Cc1c(F)cccc1Cl)C1CC1. The van der Waals surface area contributed by atoms with E-state index >= 15 is 0 Å². The molecule has 1 amide bonds. The number of carbonyl (C=O) groups is 1. The first-order valence-electron chi connectivity index (χ1n) is 7.45. The molecule has 0 radical (unpaired) electrons. The molecule has 0 unspecified atom stereocenters. The molecule has 1 atom stereocenters. The van der Waals surface area contributed by atoms with Crippen molar-refractivity contribution in [3.8, 4) is 0 Å². The number of benzene rings is 1. The summed E-state index contributed by atoms with van der Waals surface area (Å²) in [7, 11) is 0. The summed E-state index contributed by atoms with van der Waals surface area (Å²) in [6, 6.07) is 4.89. The van der Waals surface area contributed by atoms with Crippen molar-refractivity contribution in [2.24, 2.45) is 5.92 Å². The number of amides is 1. The molecule has 0 N–H and O–H groups in total. The van der Waals surface area contributed by atoms with Crippen molar-refractivity contribution in [1.82, 2.24) is 4.90 Å². The van der Waals surface area contributed by atoms with Gasteiger partial charge in [-0.05, 0) is 37.3 Å². The molecule has 1 aliphatic heterocycles. The summed E-state index contributed by atoms with van der Waals surface area (Å²) < 4.78 is 19.2. The van der Waals surface area contributed by atoms with Crippen molar-refractivity contribution < 1.29 is 13.9 Å². The lowest BCUT2D eigenvalue weighted by molar-refractivity contribution is -0.133. The van der Waals surface area contributed by atoms with E-state index in [9.17, 15) is 9.18 Å². The Kier molecular flexibility index (Phi) is 4.45. The predicted octanol–water partition coefficient (Wildman–Crippen LogP) is 3.40. The Bertz CT molecular complexity index is 507. The molecule has 3 nitrogen and oxygen atoms in total. The monoisotopic (exact) mass is 311 g/mol. The minimum absolute atomic E-state index is 0.0901. The average molecular weight is 312 g/mol. The van der Waals surface area contributed by atoms with E-state index in [0.717, 1.165) is 25.9 Å². The number of hydrogen-bond donors (Lipinski definition) is 0. The van der Waals surface area contributed by atoms with Gasteiger partial charge in [-0.1, -0.05) is 17.7 Å². The summed E-state index contributed by atoms with van der Waals surface area (Å²) in [5.41, 5.74) is 0.419. The second kappa shape index (κ2) is 6.32. The molecule has 2 aliphatic rings. The highest BCUT2D eigenvalue weighted by Crippen LogP contribution is 2.32. The summed E-state index contributed by atoms with van der Waals surface area (Å²) in [5, 5.41) is 0.387. The van der Waals surface area contributed by atoms with Crippen LogP contribution in [0.5, 0.6) is 0 Å². The standard InChI is InChI=1S/C16H19ClFNO2/c17-14-2-1-3-15(18)13(14)9-19(12-4-5-12)16(20)8-11-6-7-21-10-11/h1-3,11-12H,4-10H2/t11-/m0/s1. The van der Waals surface area contributed by atoms with E-state index < -0.39 is 0 Å². The van der Waals surface area contributed by atoms with Crippen molar-refractivity contribution in [2.45, 2.75) is 38.3 Å². The summed E-state index contributed by atoms with van der Waals surface area (Å²) in [4.78, 5) is 14.3. The second-order valence-corrected chi connectivity index (χ2v) is 6.29. The van der Waals surface area contributed by atoms with Crippen LogP contribution in [0.25, 0.3) is 0 Å². The third-order valence-corrected chi connectivity index (χ3v) is 4.54. The Balaban J connectivity index is 1.71. The molecule has 1 aromatic carbocycles. The lowest BCUT2D eigenvalue weighted by atomic mass is 10.0. The van der Waals surface area contributed by atoms with E-state index in [1.54, 1.807) is 17.0 Å². The number of halogens is 2. The van der Waals surface area contributed by atoms with Crippen molar-refractivity contribution >= 4 is 17.5 Å². The molecule has 0 spiro atoms. The molecule has 0 bridgehead atoms. The number of rotatable bonds is 5. The van der Waals surface area contributed by atoms with E-state index in [1.165, 1.54) is 6.07 Å². The second-order valence-electron chi connectivity index (χ2n) is 5.89. The van der Waals surface area contributed by atoms with Gasteiger partial charge in [-0.25, -0.2) is 4.39 Å². The van der Waals surface area contributed by atoms with Crippen LogP contribution in [0.2, 0.25) is 5.02 Å². The van der Waals surface area contributed by atoms with Gasteiger partial charge >= 0.3 is 0 Å². The maximum absolute atomic E-state index is 13.9. The Hall–Kier alpha value is -1.13. The van der Waals surface area contributed by atoms with Gasteiger partial charge in [-0.2, -0.15) is 0 Å². The van der Waals surface area contributed by atoms with Crippen molar-refractivity contribution in [3.63, 3.8) is 0 Å². The normalized spacial score (nSPS) is 21.5. The Morgan fingerprint density at radius 3 is 2.81 bits per heavy atom. The van der Waals surface area contributed by atoms with Crippen LogP contribution in [-0.4, -0.2) is 30.1 Å². The average Bonchev–Trinajstić information content (AvgIpc) is 3.16. The van der Waals surface area contributed by atoms with Gasteiger partial charge in [0.2, 0.25) is 5.91 Å². The third-order valence-electron chi connectivity index (χ3n) is 4.19. The van der Waals surface area contributed by atoms with Gasteiger partial charge in [0.15, 0.2) is 0 Å². The van der Waals surface area contributed by atoms with Crippen molar-refractivity contribution in [1.29, 1.82) is 0 Å². The van der Waals surface area contributed by atoms with Gasteiger partial charge < -0.3 is 9.64 Å². The van der Waals surface area contributed by atoms with E-state index in [2.05, 4.69) is 0 Å². The molecule has 21 heavy (non-hydrogen) atoms. The third kappa shape index (κ3) is 3.55. The molecule has 114 valence electrons. The van der Waals surface area contributed by atoms with Crippen molar-refractivity contribution in [2.75, 3.05) is 13.2 Å². The molecule has 1 saturated heterocycles. The van der Waals surface area contributed by atoms with E-state index in [0.29, 0.717) is 29.5 Å². The quantitative estimate of drug-likeness (QED) is 0.834. The Morgan fingerprint density at radius 1 is 1.38 bits per heavy atom. The van der Waals surface area contributed by atoms with E-state index in [-0.39, 0.29) is 24.3 Å². The van der Waals surface area contributed by atoms with Crippen LogP contribution in [0.15, 0.2) is 18.2 Å². The van der Waals surface area contributed by atoms with Crippen molar-refractivity contribution in [3.05, 3.63) is 34.6 Å². The molecule has 1 aliphatic carbocycles. The fourth-order valence-corrected chi connectivity index (χ4v) is 2.99. The van der Waals surface area contributed by atoms with Crippen LogP contribution in [0.1, 0.15) is 31.2 Å². The minimum atomic E-state index is -0.342. The minimum Gasteiger partial charge on any atom is -0.381 e. The maximum atomic E-state index is 13.9. The van der Waals surface area contributed by atoms with Gasteiger partial charge in [-0.15, -0.1) is 0 Å². The molecular weight excluding hydrogens is 293 g/mol. The topological polar surface area (TPSA) is 29.5 Å². The molecule has 2 fully saturated rings. The van der Waals surface area contributed by atoms with Crippen LogP contribution >= 0.6 is 11.6 Å². The van der Waals surface area contributed by atoms with E-state index in [4.69, 9.17) is 16.3 Å². The molecule has 0 aromatic heterocycles. The highest BCUT2D eigenvalue weighted by atomic mass is 35.5. The van der Waals surface area contributed by atoms with Gasteiger partial charge in [0.1, 0.15) is 5.82 Å². The zero-order valence-corrected chi connectivity index (χ0v) is 12.6. The highest BCUT2D eigenvalue weighted by Gasteiger charge is 2.34. The fraction of sp³-hybridized carbons (Fsp3) is 0.562. The zero-order chi connectivity index (χ0) is 14.8. The molecule has 5 heteroatoms.